The largest absolute Gasteiger partial charge is 0.485 e. The highest BCUT2D eigenvalue weighted by Gasteiger charge is 2.11. The van der Waals surface area contributed by atoms with E-state index in [1.807, 2.05) is 0 Å². The molecule has 0 bridgehead atoms. The zero-order chi connectivity index (χ0) is 13.1. The molecule has 0 aliphatic heterocycles. The van der Waals surface area contributed by atoms with Gasteiger partial charge in [-0.1, -0.05) is 5.16 Å². The number of ether oxygens (including phenoxy) is 1. The second-order valence-electron chi connectivity index (χ2n) is 3.38. The monoisotopic (exact) mass is 255 g/mol. The molecule has 0 saturated carbocycles. The van der Waals surface area contributed by atoms with Gasteiger partial charge in [-0.25, -0.2) is 13.6 Å². The highest BCUT2D eigenvalue weighted by atomic mass is 19.1. The second-order valence-corrected chi connectivity index (χ2v) is 3.38. The molecule has 0 radical (unpaired) electrons. The number of rotatable bonds is 4. The summed E-state index contributed by atoms with van der Waals surface area (Å²) in [5.74, 6) is -2.66. The molecule has 1 heterocycles. The van der Waals surface area contributed by atoms with Crippen LogP contribution in [0.1, 0.15) is 16.2 Å². The van der Waals surface area contributed by atoms with Crippen molar-refractivity contribution in [1.29, 1.82) is 0 Å². The number of aromatic nitrogens is 1. The van der Waals surface area contributed by atoms with Crippen molar-refractivity contribution in [3.8, 4) is 5.75 Å². The van der Waals surface area contributed by atoms with Crippen LogP contribution in [-0.2, 0) is 6.61 Å². The van der Waals surface area contributed by atoms with Crippen LogP contribution in [-0.4, -0.2) is 16.2 Å². The van der Waals surface area contributed by atoms with Crippen LogP contribution in [0.15, 0.2) is 28.8 Å². The Balaban J connectivity index is 2.04. The Hall–Kier alpha value is -2.44. The topological polar surface area (TPSA) is 72.6 Å². The minimum Gasteiger partial charge on any atom is -0.485 e. The van der Waals surface area contributed by atoms with Crippen molar-refractivity contribution in [2.24, 2.45) is 0 Å². The maximum absolute atomic E-state index is 12.8. The molecular formula is C11H7F2NO4. The van der Waals surface area contributed by atoms with E-state index in [1.54, 1.807) is 0 Å². The number of benzene rings is 1. The third-order valence-corrected chi connectivity index (χ3v) is 2.00. The van der Waals surface area contributed by atoms with E-state index < -0.39 is 17.6 Å². The Morgan fingerprint density at radius 2 is 1.94 bits per heavy atom. The Labute approximate surface area is 99.6 Å². The summed E-state index contributed by atoms with van der Waals surface area (Å²) < 4.78 is 35.4. The van der Waals surface area contributed by atoms with Crippen molar-refractivity contribution in [3.05, 3.63) is 47.4 Å². The van der Waals surface area contributed by atoms with Gasteiger partial charge in [0.1, 0.15) is 24.0 Å². The fraction of sp³-hybridized carbons (Fsp3) is 0.0909. The minimum atomic E-state index is -1.23. The van der Waals surface area contributed by atoms with E-state index in [4.69, 9.17) is 9.84 Å². The van der Waals surface area contributed by atoms with Crippen molar-refractivity contribution < 1.29 is 27.9 Å². The molecule has 0 aliphatic carbocycles. The van der Waals surface area contributed by atoms with Gasteiger partial charge in [0.2, 0.25) is 0 Å². The Morgan fingerprint density at radius 1 is 1.28 bits per heavy atom. The molecule has 0 unspecified atom stereocenters. The predicted molar refractivity (Wildman–Crippen MR) is 54.2 cm³/mol. The van der Waals surface area contributed by atoms with E-state index in [2.05, 4.69) is 9.68 Å². The number of carboxylic acids is 1. The molecule has 94 valence electrons. The van der Waals surface area contributed by atoms with Crippen molar-refractivity contribution in [2.75, 3.05) is 0 Å². The van der Waals surface area contributed by atoms with Crippen molar-refractivity contribution in [2.45, 2.75) is 6.61 Å². The molecule has 0 aliphatic rings. The zero-order valence-corrected chi connectivity index (χ0v) is 8.89. The van der Waals surface area contributed by atoms with Gasteiger partial charge in [0.25, 0.3) is 0 Å². The van der Waals surface area contributed by atoms with Crippen LogP contribution in [0.2, 0.25) is 0 Å². The van der Waals surface area contributed by atoms with Crippen LogP contribution in [0.4, 0.5) is 8.78 Å². The van der Waals surface area contributed by atoms with E-state index in [0.29, 0.717) is 6.07 Å². The van der Waals surface area contributed by atoms with E-state index in [1.165, 1.54) is 0 Å². The zero-order valence-electron chi connectivity index (χ0n) is 8.89. The lowest BCUT2D eigenvalue weighted by Gasteiger charge is -2.03. The Bertz CT molecular complexity index is 562. The summed E-state index contributed by atoms with van der Waals surface area (Å²) in [5.41, 5.74) is -0.265. The number of aromatic carboxylic acids is 1. The summed E-state index contributed by atoms with van der Waals surface area (Å²) in [6, 6.07) is 3.87. The highest BCUT2D eigenvalue weighted by molar-refractivity contribution is 5.85. The summed E-state index contributed by atoms with van der Waals surface area (Å²) in [4.78, 5) is 10.5. The first-order valence-electron chi connectivity index (χ1n) is 4.82. The van der Waals surface area contributed by atoms with Crippen LogP contribution in [0.25, 0.3) is 0 Å². The van der Waals surface area contributed by atoms with Gasteiger partial charge in [0, 0.05) is 24.3 Å². The summed E-state index contributed by atoms with van der Waals surface area (Å²) in [5, 5.41) is 11.9. The van der Waals surface area contributed by atoms with Crippen LogP contribution >= 0.6 is 0 Å². The molecule has 0 fully saturated rings. The molecule has 1 aromatic heterocycles. The standard InChI is InChI=1S/C11H7F2NO4/c12-6-1-7(13)3-8(2-6)17-5-9-4-10(11(15)16)14-18-9/h1-4H,5H2,(H,15,16). The third-order valence-electron chi connectivity index (χ3n) is 2.00. The first-order chi connectivity index (χ1) is 8.54. The molecule has 1 N–H and O–H groups in total. The average Bonchev–Trinajstić information content (AvgIpc) is 2.73. The van der Waals surface area contributed by atoms with Crippen molar-refractivity contribution >= 4 is 5.97 Å². The molecule has 2 aromatic rings. The maximum Gasteiger partial charge on any atom is 0.358 e. The maximum atomic E-state index is 12.8. The Morgan fingerprint density at radius 3 is 2.50 bits per heavy atom. The van der Waals surface area contributed by atoms with Crippen molar-refractivity contribution in [1.82, 2.24) is 5.16 Å². The fourth-order valence-corrected chi connectivity index (χ4v) is 1.25. The van der Waals surface area contributed by atoms with Gasteiger partial charge in [-0.15, -0.1) is 0 Å². The Kier molecular flexibility index (Phi) is 3.22. The van der Waals surface area contributed by atoms with Crippen LogP contribution in [0, 0.1) is 11.6 Å². The number of nitrogens with zero attached hydrogens (tertiary/aromatic N) is 1. The normalized spacial score (nSPS) is 10.3. The fourth-order valence-electron chi connectivity index (χ4n) is 1.25. The number of carbonyl (C=O) groups is 1. The molecule has 7 heteroatoms. The van der Waals surface area contributed by atoms with Gasteiger partial charge in [0.15, 0.2) is 11.5 Å². The van der Waals surface area contributed by atoms with Crippen molar-refractivity contribution in [3.63, 3.8) is 0 Å². The highest BCUT2D eigenvalue weighted by Crippen LogP contribution is 2.17. The first kappa shape index (κ1) is 12.0. The number of hydrogen-bond donors (Lipinski definition) is 1. The molecule has 2 rings (SSSR count). The molecule has 0 atom stereocenters. The molecule has 0 saturated heterocycles. The van der Waals surface area contributed by atoms with Gasteiger partial charge < -0.3 is 14.4 Å². The molecule has 18 heavy (non-hydrogen) atoms. The summed E-state index contributed by atoms with van der Waals surface area (Å²) in [6.07, 6.45) is 0. The molecule has 5 nitrogen and oxygen atoms in total. The summed E-state index contributed by atoms with van der Waals surface area (Å²) in [6.45, 7) is -0.177. The minimum absolute atomic E-state index is 0.0271. The molecule has 0 spiro atoms. The average molecular weight is 255 g/mol. The number of carboxylic acid groups (broad SMARTS) is 1. The molecular weight excluding hydrogens is 248 g/mol. The summed E-state index contributed by atoms with van der Waals surface area (Å²) in [7, 11) is 0. The third kappa shape index (κ3) is 2.82. The van der Waals surface area contributed by atoms with E-state index in [-0.39, 0.29) is 23.8 Å². The van der Waals surface area contributed by atoms with E-state index in [0.717, 1.165) is 18.2 Å². The quantitative estimate of drug-likeness (QED) is 0.906. The van der Waals surface area contributed by atoms with Gasteiger partial charge >= 0.3 is 5.97 Å². The summed E-state index contributed by atoms with van der Waals surface area (Å²) >= 11 is 0. The van der Waals surface area contributed by atoms with Gasteiger partial charge in [-0.2, -0.15) is 0 Å². The predicted octanol–water partition coefficient (Wildman–Crippen LogP) is 2.23. The van der Waals surface area contributed by atoms with Crippen LogP contribution in [0.3, 0.4) is 0 Å². The first-order valence-corrected chi connectivity index (χ1v) is 4.82. The van der Waals surface area contributed by atoms with Crippen LogP contribution in [0.5, 0.6) is 5.75 Å². The molecule has 1 aromatic carbocycles. The number of hydrogen-bond acceptors (Lipinski definition) is 4. The lowest BCUT2D eigenvalue weighted by Crippen LogP contribution is -1.96. The van der Waals surface area contributed by atoms with Gasteiger partial charge in [0.05, 0.1) is 0 Å². The molecule has 0 amide bonds. The van der Waals surface area contributed by atoms with E-state index in [9.17, 15) is 13.6 Å². The lowest BCUT2D eigenvalue weighted by atomic mass is 10.3. The number of halogens is 2. The smallest absolute Gasteiger partial charge is 0.358 e. The lowest BCUT2D eigenvalue weighted by molar-refractivity contribution is 0.0685. The van der Waals surface area contributed by atoms with E-state index >= 15 is 0 Å². The second kappa shape index (κ2) is 4.82. The SMILES string of the molecule is O=C(O)c1cc(COc2cc(F)cc(F)c2)on1. The van der Waals surface area contributed by atoms with Gasteiger partial charge in [-0.05, 0) is 0 Å². The van der Waals surface area contributed by atoms with Crippen LogP contribution < -0.4 is 4.74 Å². The van der Waals surface area contributed by atoms with Gasteiger partial charge in [-0.3, -0.25) is 0 Å².